The van der Waals surface area contributed by atoms with Crippen molar-refractivity contribution in [3.05, 3.63) is 10.6 Å². The fraction of sp³-hybridized carbons (Fsp3) is 0.455. The van der Waals surface area contributed by atoms with Crippen molar-refractivity contribution in [1.29, 1.82) is 0 Å². The summed E-state index contributed by atoms with van der Waals surface area (Å²) in [4.78, 5) is 37.9. The third-order valence-electron chi connectivity index (χ3n) is 2.20. The quantitative estimate of drug-likeness (QED) is 0.591. The fourth-order valence-corrected chi connectivity index (χ4v) is 2.38. The van der Waals surface area contributed by atoms with Gasteiger partial charge in [0.15, 0.2) is 16.6 Å². The summed E-state index contributed by atoms with van der Waals surface area (Å²) in [5.74, 6) is -1.39. The molecule has 1 rings (SSSR count). The van der Waals surface area contributed by atoms with Gasteiger partial charge in [-0.2, -0.15) is 0 Å². The molecule has 0 spiro atoms. The molecule has 0 saturated heterocycles. The maximum atomic E-state index is 11.5. The number of carbonyl (C=O) groups is 3. The van der Waals surface area contributed by atoms with Crippen LogP contribution in [0.1, 0.15) is 40.4 Å². The standard InChI is InChI=1S/C11H15N3O4S/c1-5(4-7(12)16)13-11-14-8(10(17)18-3)9(19-11)6(2)15/h5H,4H2,1-3H3,(H2,12,16)(H,13,14). The molecule has 1 amide bonds. The molecule has 0 bridgehead atoms. The van der Waals surface area contributed by atoms with Crippen molar-refractivity contribution < 1.29 is 19.1 Å². The van der Waals surface area contributed by atoms with Crippen LogP contribution in [-0.2, 0) is 9.53 Å². The van der Waals surface area contributed by atoms with Crippen molar-refractivity contribution in [3.8, 4) is 0 Å². The Morgan fingerprint density at radius 3 is 2.58 bits per heavy atom. The maximum Gasteiger partial charge on any atom is 0.358 e. The van der Waals surface area contributed by atoms with Crippen LogP contribution in [0, 0.1) is 0 Å². The molecule has 0 aromatic carbocycles. The topological polar surface area (TPSA) is 111 Å². The highest BCUT2D eigenvalue weighted by molar-refractivity contribution is 7.17. The summed E-state index contributed by atoms with van der Waals surface area (Å²) in [5.41, 5.74) is 5.06. The molecule has 0 aliphatic carbocycles. The summed E-state index contributed by atoms with van der Waals surface area (Å²) in [7, 11) is 1.22. The van der Waals surface area contributed by atoms with Gasteiger partial charge in [0.05, 0.1) is 7.11 Å². The number of Topliss-reactive ketones (excluding diaryl/α,β-unsaturated/α-hetero) is 1. The Morgan fingerprint density at radius 1 is 1.47 bits per heavy atom. The smallest absolute Gasteiger partial charge is 0.358 e. The van der Waals surface area contributed by atoms with Crippen LogP contribution in [0.4, 0.5) is 5.13 Å². The van der Waals surface area contributed by atoms with E-state index in [0.717, 1.165) is 11.3 Å². The highest BCUT2D eigenvalue weighted by atomic mass is 32.1. The average molecular weight is 285 g/mol. The van der Waals surface area contributed by atoms with E-state index >= 15 is 0 Å². The average Bonchev–Trinajstić information content (AvgIpc) is 2.70. The third kappa shape index (κ3) is 4.02. The van der Waals surface area contributed by atoms with Gasteiger partial charge >= 0.3 is 5.97 Å². The lowest BCUT2D eigenvalue weighted by Crippen LogP contribution is -2.23. The van der Waals surface area contributed by atoms with E-state index in [1.807, 2.05) is 0 Å². The van der Waals surface area contributed by atoms with Gasteiger partial charge in [-0.25, -0.2) is 9.78 Å². The predicted molar refractivity (Wildman–Crippen MR) is 70.4 cm³/mol. The minimum absolute atomic E-state index is 0.0197. The molecule has 1 atom stereocenters. The number of carbonyl (C=O) groups excluding carboxylic acids is 3. The van der Waals surface area contributed by atoms with E-state index < -0.39 is 11.9 Å². The molecule has 1 unspecified atom stereocenters. The molecule has 3 N–H and O–H groups in total. The zero-order chi connectivity index (χ0) is 14.6. The normalized spacial score (nSPS) is 11.7. The van der Waals surface area contributed by atoms with Crippen LogP contribution in [0.5, 0.6) is 0 Å². The Morgan fingerprint density at radius 2 is 2.11 bits per heavy atom. The van der Waals surface area contributed by atoms with Crippen molar-refractivity contribution >= 4 is 34.1 Å². The summed E-state index contributed by atoms with van der Waals surface area (Å²) in [6, 6.07) is -0.242. The molecule has 1 heterocycles. The number of esters is 1. The SMILES string of the molecule is COC(=O)c1nc(NC(C)CC(N)=O)sc1C(C)=O. The molecule has 0 radical (unpaired) electrons. The lowest BCUT2D eigenvalue weighted by atomic mass is 10.2. The summed E-state index contributed by atoms with van der Waals surface area (Å²) >= 11 is 1.04. The number of thiazole rings is 1. The van der Waals surface area contributed by atoms with Gasteiger partial charge in [-0.05, 0) is 6.92 Å². The zero-order valence-corrected chi connectivity index (χ0v) is 11.7. The van der Waals surface area contributed by atoms with Gasteiger partial charge in [-0.15, -0.1) is 0 Å². The third-order valence-corrected chi connectivity index (χ3v) is 3.29. The monoisotopic (exact) mass is 285 g/mol. The van der Waals surface area contributed by atoms with Gasteiger partial charge in [0.25, 0.3) is 0 Å². The molecule has 0 saturated carbocycles. The van der Waals surface area contributed by atoms with E-state index in [0.29, 0.717) is 5.13 Å². The van der Waals surface area contributed by atoms with E-state index in [9.17, 15) is 14.4 Å². The van der Waals surface area contributed by atoms with Gasteiger partial charge in [0, 0.05) is 19.4 Å². The molecule has 0 aliphatic rings. The lowest BCUT2D eigenvalue weighted by Gasteiger charge is -2.09. The molecular formula is C11H15N3O4S. The van der Waals surface area contributed by atoms with Crippen LogP contribution >= 0.6 is 11.3 Å². The van der Waals surface area contributed by atoms with Crippen LogP contribution in [0.3, 0.4) is 0 Å². The Bertz CT molecular complexity index is 512. The van der Waals surface area contributed by atoms with Crippen molar-refractivity contribution in [3.63, 3.8) is 0 Å². The molecule has 0 fully saturated rings. The maximum absolute atomic E-state index is 11.5. The van der Waals surface area contributed by atoms with E-state index in [1.54, 1.807) is 6.92 Å². The summed E-state index contributed by atoms with van der Waals surface area (Å²) in [6.45, 7) is 3.09. The minimum atomic E-state index is -0.669. The number of amides is 1. The first-order chi connectivity index (χ1) is 8.85. The molecular weight excluding hydrogens is 270 g/mol. The van der Waals surface area contributed by atoms with Gasteiger partial charge < -0.3 is 15.8 Å². The number of nitrogens with zero attached hydrogens (tertiary/aromatic N) is 1. The first kappa shape index (κ1) is 15.1. The second-order valence-corrected chi connectivity index (χ2v) is 4.96. The summed E-state index contributed by atoms with van der Waals surface area (Å²) in [5, 5.41) is 3.29. The second-order valence-electron chi connectivity index (χ2n) is 3.96. The highest BCUT2D eigenvalue weighted by Gasteiger charge is 2.22. The number of ketones is 1. The highest BCUT2D eigenvalue weighted by Crippen LogP contribution is 2.25. The predicted octanol–water partition coefficient (Wildman–Crippen LogP) is 0.808. The van der Waals surface area contributed by atoms with Crippen molar-refractivity contribution in [2.75, 3.05) is 12.4 Å². The van der Waals surface area contributed by atoms with Crippen LogP contribution < -0.4 is 11.1 Å². The van der Waals surface area contributed by atoms with Gasteiger partial charge in [-0.1, -0.05) is 11.3 Å². The Kier molecular flexibility index (Phi) is 4.99. The number of methoxy groups -OCH3 is 1. The number of nitrogens with two attached hydrogens (primary N) is 1. The number of rotatable bonds is 6. The zero-order valence-electron chi connectivity index (χ0n) is 10.9. The summed E-state index contributed by atoms with van der Waals surface area (Å²) in [6.07, 6.45) is 0.128. The van der Waals surface area contributed by atoms with Crippen molar-refractivity contribution in [1.82, 2.24) is 4.98 Å². The molecule has 1 aromatic heterocycles. The van der Waals surface area contributed by atoms with Crippen molar-refractivity contribution in [2.45, 2.75) is 26.3 Å². The van der Waals surface area contributed by atoms with E-state index in [1.165, 1.54) is 14.0 Å². The molecule has 7 nitrogen and oxygen atoms in total. The Hall–Kier alpha value is -1.96. The number of anilines is 1. The van der Waals surface area contributed by atoms with Crippen LogP contribution in [0.15, 0.2) is 0 Å². The molecule has 8 heteroatoms. The second kappa shape index (κ2) is 6.28. The fourth-order valence-electron chi connectivity index (χ4n) is 1.42. The largest absolute Gasteiger partial charge is 0.464 e. The lowest BCUT2D eigenvalue weighted by molar-refractivity contribution is -0.118. The Balaban J connectivity index is 2.95. The number of hydrogen-bond acceptors (Lipinski definition) is 7. The molecule has 0 aliphatic heterocycles. The van der Waals surface area contributed by atoms with Crippen LogP contribution in [-0.4, -0.2) is 35.8 Å². The number of aromatic nitrogens is 1. The minimum Gasteiger partial charge on any atom is -0.464 e. The van der Waals surface area contributed by atoms with Crippen molar-refractivity contribution in [2.24, 2.45) is 5.73 Å². The first-order valence-electron chi connectivity index (χ1n) is 5.50. The molecule has 1 aromatic rings. The number of nitrogens with one attached hydrogen (secondary N) is 1. The van der Waals surface area contributed by atoms with E-state index in [-0.39, 0.29) is 28.8 Å². The Labute approximate surface area is 114 Å². The summed E-state index contributed by atoms with van der Waals surface area (Å²) < 4.78 is 4.56. The van der Waals surface area contributed by atoms with Gasteiger partial charge in [0.2, 0.25) is 5.91 Å². The molecule has 104 valence electrons. The van der Waals surface area contributed by atoms with Crippen LogP contribution in [0.2, 0.25) is 0 Å². The van der Waals surface area contributed by atoms with Crippen LogP contribution in [0.25, 0.3) is 0 Å². The van der Waals surface area contributed by atoms with E-state index in [4.69, 9.17) is 5.73 Å². The molecule has 19 heavy (non-hydrogen) atoms. The van der Waals surface area contributed by atoms with Gasteiger partial charge in [-0.3, -0.25) is 9.59 Å². The van der Waals surface area contributed by atoms with Gasteiger partial charge in [0.1, 0.15) is 4.88 Å². The number of hydrogen-bond donors (Lipinski definition) is 2. The number of ether oxygens (including phenoxy) is 1. The first-order valence-corrected chi connectivity index (χ1v) is 6.31. The van der Waals surface area contributed by atoms with E-state index in [2.05, 4.69) is 15.0 Å². The number of primary amides is 1.